The van der Waals surface area contributed by atoms with Crippen LogP contribution in [-0.4, -0.2) is 79.4 Å². The second-order valence-corrected chi connectivity index (χ2v) is 8.07. The van der Waals surface area contributed by atoms with Gasteiger partial charge in [0, 0.05) is 23.0 Å². The molecule has 2 saturated heterocycles. The average Bonchev–Trinajstić information content (AvgIpc) is 3.30. The van der Waals surface area contributed by atoms with Gasteiger partial charge in [-0.2, -0.15) is 0 Å². The van der Waals surface area contributed by atoms with E-state index in [2.05, 4.69) is 15.9 Å². The molecule has 0 radical (unpaired) electrons. The van der Waals surface area contributed by atoms with Crippen molar-refractivity contribution in [3.8, 4) is 0 Å². The van der Waals surface area contributed by atoms with Crippen LogP contribution < -0.4 is 0 Å². The maximum Gasteiger partial charge on any atom is 0.328 e. The van der Waals surface area contributed by atoms with Crippen molar-refractivity contribution < 1.29 is 28.6 Å². The number of fused-ring (bicyclic) bond motifs is 1. The molecule has 4 rings (SSSR count). The number of halogens is 1. The normalized spacial score (nSPS) is 23.2. The predicted molar refractivity (Wildman–Crippen MR) is 101 cm³/mol. The maximum atomic E-state index is 13.0. The second-order valence-electron chi connectivity index (χ2n) is 7.15. The van der Waals surface area contributed by atoms with Crippen LogP contribution in [0.5, 0.6) is 0 Å². The van der Waals surface area contributed by atoms with E-state index in [1.807, 2.05) is 12.1 Å². The summed E-state index contributed by atoms with van der Waals surface area (Å²) >= 11 is 3.41. The number of esters is 1. The van der Waals surface area contributed by atoms with Crippen LogP contribution in [0.3, 0.4) is 0 Å². The lowest BCUT2D eigenvalue weighted by atomic mass is 9.99. The molecule has 0 aliphatic carbocycles. The molecule has 150 valence electrons. The Balaban J connectivity index is 1.50. The molecule has 2 fully saturated rings. The highest BCUT2D eigenvalue weighted by Gasteiger charge is 2.53. The lowest BCUT2D eigenvalue weighted by Crippen LogP contribution is -2.49. The third-order valence-electron chi connectivity index (χ3n) is 5.46. The van der Waals surface area contributed by atoms with E-state index in [-0.39, 0.29) is 31.3 Å². The number of hydrogen-bond acceptors (Lipinski definition) is 6. The van der Waals surface area contributed by atoms with E-state index in [1.54, 1.807) is 6.07 Å². The summed E-state index contributed by atoms with van der Waals surface area (Å²) < 4.78 is 17.1. The van der Waals surface area contributed by atoms with Crippen molar-refractivity contribution in [2.45, 2.75) is 24.7 Å². The summed E-state index contributed by atoms with van der Waals surface area (Å²) in [4.78, 5) is 40.9. The molecular formula is C19H21BrN2O6. The van der Waals surface area contributed by atoms with Crippen LogP contribution >= 0.6 is 15.9 Å². The Bertz CT molecular complexity index is 823. The number of likely N-dealkylation sites (tertiary alicyclic amines) is 1. The monoisotopic (exact) mass is 452 g/mol. The summed E-state index contributed by atoms with van der Waals surface area (Å²) in [5.41, 5.74) is 1.57. The topological polar surface area (TPSA) is 85.4 Å². The van der Waals surface area contributed by atoms with Crippen molar-refractivity contribution in [2.24, 2.45) is 0 Å². The molecule has 9 heteroatoms. The highest BCUT2D eigenvalue weighted by molar-refractivity contribution is 9.10. The molecule has 0 saturated carbocycles. The Hall–Kier alpha value is -1.97. The fraction of sp³-hybridized carbons (Fsp3) is 0.526. The first-order chi connectivity index (χ1) is 13.4. The van der Waals surface area contributed by atoms with Crippen molar-refractivity contribution >= 4 is 33.7 Å². The molecule has 1 atom stereocenters. The second kappa shape index (κ2) is 7.46. The third-order valence-corrected chi connectivity index (χ3v) is 5.95. The zero-order valence-electron chi connectivity index (χ0n) is 15.5. The van der Waals surface area contributed by atoms with E-state index < -0.39 is 17.8 Å². The van der Waals surface area contributed by atoms with E-state index in [0.717, 1.165) is 10.0 Å². The number of ether oxygens (including phenoxy) is 3. The summed E-state index contributed by atoms with van der Waals surface area (Å²) in [6, 6.07) is 4.73. The van der Waals surface area contributed by atoms with Gasteiger partial charge in [0.15, 0.2) is 5.79 Å². The van der Waals surface area contributed by atoms with E-state index >= 15 is 0 Å². The number of methoxy groups -OCH3 is 1. The molecule has 0 aromatic heterocycles. The van der Waals surface area contributed by atoms with E-state index in [0.29, 0.717) is 31.7 Å². The first-order valence-corrected chi connectivity index (χ1v) is 9.95. The summed E-state index contributed by atoms with van der Waals surface area (Å²) in [5.74, 6) is -1.97. The first-order valence-electron chi connectivity index (χ1n) is 9.15. The summed E-state index contributed by atoms with van der Waals surface area (Å²) in [6.45, 7) is 1.34. The molecule has 3 heterocycles. The van der Waals surface area contributed by atoms with Gasteiger partial charge in [-0.3, -0.25) is 9.59 Å². The van der Waals surface area contributed by atoms with Gasteiger partial charge in [-0.15, -0.1) is 0 Å². The number of carbonyl (C=O) groups excluding carboxylic acids is 3. The highest BCUT2D eigenvalue weighted by atomic mass is 79.9. The number of amides is 2. The Labute approximate surface area is 170 Å². The predicted octanol–water partition coefficient (Wildman–Crippen LogP) is 0.964. The molecule has 2 amide bonds. The van der Waals surface area contributed by atoms with Crippen molar-refractivity contribution in [3.63, 3.8) is 0 Å². The van der Waals surface area contributed by atoms with Crippen LogP contribution in [0.25, 0.3) is 0 Å². The molecule has 0 unspecified atom stereocenters. The van der Waals surface area contributed by atoms with Crippen LogP contribution in [0.1, 0.15) is 22.3 Å². The molecule has 1 aromatic rings. The number of nitrogens with zero attached hydrogens (tertiary/aromatic N) is 2. The molecule has 3 aliphatic rings. The zero-order valence-corrected chi connectivity index (χ0v) is 17.1. The summed E-state index contributed by atoms with van der Waals surface area (Å²) in [6.07, 6.45) is 0.903. The fourth-order valence-corrected chi connectivity index (χ4v) is 4.47. The molecule has 0 N–H and O–H groups in total. The van der Waals surface area contributed by atoms with Crippen molar-refractivity contribution in [2.75, 3.05) is 40.0 Å². The van der Waals surface area contributed by atoms with Gasteiger partial charge in [-0.1, -0.05) is 15.9 Å². The minimum absolute atomic E-state index is 0.0993. The van der Waals surface area contributed by atoms with Gasteiger partial charge in [0.1, 0.15) is 12.6 Å². The number of carbonyl (C=O) groups is 3. The van der Waals surface area contributed by atoms with Crippen LogP contribution in [0, 0.1) is 0 Å². The van der Waals surface area contributed by atoms with E-state index in [9.17, 15) is 14.4 Å². The Morgan fingerprint density at radius 3 is 2.79 bits per heavy atom. The quantitative estimate of drug-likeness (QED) is 0.635. The molecule has 1 spiro atoms. The van der Waals surface area contributed by atoms with Crippen molar-refractivity contribution in [1.29, 1.82) is 0 Å². The molecule has 3 aliphatic heterocycles. The number of rotatable bonds is 3. The molecule has 8 nitrogen and oxygen atoms in total. The van der Waals surface area contributed by atoms with Gasteiger partial charge in [-0.25, -0.2) is 4.79 Å². The van der Waals surface area contributed by atoms with Crippen LogP contribution in [0.15, 0.2) is 22.7 Å². The van der Waals surface area contributed by atoms with Crippen molar-refractivity contribution in [3.05, 3.63) is 33.8 Å². The third kappa shape index (κ3) is 3.42. The Morgan fingerprint density at radius 1 is 1.32 bits per heavy atom. The SMILES string of the molecule is COC(=O)[C@@H]1CC2(CN1C(=O)CN1CCc3cc(Br)ccc3C1=O)OCCO2. The molecule has 1 aromatic carbocycles. The largest absolute Gasteiger partial charge is 0.467 e. The molecule has 28 heavy (non-hydrogen) atoms. The standard InChI is InChI=1S/C19H21BrN2O6/c1-26-18(25)15-9-19(27-6-7-28-19)11-22(15)16(23)10-21-5-4-12-8-13(20)2-3-14(12)17(21)24/h2-3,8,15H,4-7,9-11H2,1H3/t15-/m0/s1. The fourth-order valence-electron chi connectivity index (χ4n) is 4.06. The van der Waals surface area contributed by atoms with E-state index in [4.69, 9.17) is 14.2 Å². The van der Waals surface area contributed by atoms with Gasteiger partial charge in [-0.05, 0) is 30.2 Å². The van der Waals surface area contributed by atoms with Crippen LogP contribution in [0.4, 0.5) is 0 Å². The molecule has 0 bridgehead atoms. The highest BCUT2D eigenvalue weighted by Crippen LogP contribution is 2.35. The Kier molecular flexibility index (Phi) is 5.15. The maximum absolute atomic E-state index is 13.0. The first kappa shape index (κ1) is 19.4. The van der Waals surface area contributed by atoms with Crippen LogP contribution in [-0.2, 0) is 30.2 Å². The lowest BCUT2D eigenvalue weighted by molar-refractivity contribution is -0.152. The van der Waals surface area contributed by atoms with Gasteiger partial charge in [0.25, 0.3) is 5.91 Å². The van der Waals surface area contributed by atoms with Gasteiger partial charge < -0.3 is 24.0 Å². The smallest absolute Gasteiger partial charge is 0.328 e. The lowest BCUT2D eigenvalue weighted by Gasteiger charge is -2.31. The van der Waals surface area contributed by atoms with Crippen LogP contribution in [0.2, 0.25) is 0 Å². The molecular weight excluding hydrogens is 432 g/mol. The number of hydrogen-bond donors (Lipinski definition) is 0. The van der Waals surface area contributed by atoms with Crippen molar-refractivity contribution in [1.82, 2.24) is 9.80 Å². The van der Waals surface area contributed by atoms with E-state index in [1.165, 1.54) is 16.9 Å². The minimum Gasteiger partial charge on any atom is -0.467 e. The zero-order chi connectivity index (χ0) is 19.9. The van der Waals surface area contributed by atoms with Gasteiger partial charge in [0.2, 0.25) is 5.91 Å². The van der Waals surface area contributed by atoms with Gasteiger partial charge in [0.05, 0.1) is 26.9 Å². The Morgan fingerprint density at radius 2 is 2.07 bits per heavy atom. The van der Waals surface area contributed by atoms with Gasteiger partial charge >= 0.3 is 5.97 Å². The minimum atomic E-state index is -0.959. The summed E-state index contributed by atoms with van der Waals surface area (Å²) in [7, 11) is 1.29. The number of benzene rings is 1. The average molecular weight is 453 g/mol. The summed E-state index contributed by atoms with van der Waals surface area (Å²) in [5, 5.41) is 0.